The molecule has 0 radical (unpaired) electrons. The minimum absolute atomic E-state index is 0.598. The van der Waals surface area contributed by atoms with E-state index in [-0.39, 0.29) is 0 Å². The van der Waals surface area contributed by atoms with Gasteiger partial charge in [0.1, 0.15) is 5.52 Å². The summed E-state index contributed by atoms with van der Waals surface area (Å²) in [6, 6.07) is 15.2. The highest BCUT2D eigenvalue weighted by Crippen LogP contribution is 2.24. The maximum absolute atomic E-state index is 12.9. The van der Waals surface area contributed by atoms with Gasteiger partial charge in [-0.2, -0.15) is 0 Å². The van der Waals surface area contributed by atoms with Crippen LogP contribution in [0.3, 0.4) is 0 Å². The summed E-state index contributed by atoms with van der Waals surface area (Å²) >= 11 is 0. The Balaban J connectivity index is 2.18. The number of nitrogens with zero attached hydrogens (tertiary/aromatic N) is 4. The highest BCUT2D eigenvalue weighted by Gasteiger charge is 2.31. The average Bonchev–Trinajstić information content (AvgIpc) is 2.98. The third-order valence-electron chi connectivity index (χ3n) is 3.78. The third kappa shape index (κ3) is 2.88. The number of carbonyl (C=O) groups excluding carboxylic acids is 1. The highest BCUT2D eigenvalue weighted by atomic mass is 32.2. The normalized spacial score (nSPS) is 12.9. The van der Waals surface area contributed by atoms with E-state index < -0.39 is 22.0 Å². The molecule has 1 amide bonds. The first-order valence-corrected chi connectivity index (χ1v) is 9.07. The first-order valence-electron chi connectivity index (χ1n) is 7.22. The summed E-state index contributed by atoms with van der Waals surface area (Å²) in [6.07, 6.45) is 0.992. The molecule has 1 unspecified atom stereocenters. The highest BCUT2D eigenvalue weighted by molar-refractivity contribution is 7.88. The van der Waals surface area contributed by atoms with Gasteiger partial charge in [-0.15, -0.1) is 5.10 Å². The van der Waals surface area contributed by atoms with Crippen LogP contribution in [-0.4, -0.2) is 46.9 Å². The lowest BCUT2D eigenvalue weighted by atomic mass is 10.1. The maximum Gasteiger partial charge on any atom is 0.265 e. The Morgan fingerprint density at radius 2 is 1.71 bits per heavy atom. The van der Waals surface area contributed by atoms with E-state index in [1.165, 1.54) is 11.7 Å². The van der Waals surface area contributed by atoms with Crippen LogP contribution in [0.5, 0.6) is 0 Å². The van der Waals surface area contributed by atoms with Crippen LogP contribution >= 0.6 is 0 Å². The van der Waals surface area contributed by atoms with E-state index in [4.69, 9.17) is 0 Å². The van der Waals surface area contributed by atoms with Crippen molar-refractivity contribution in [1.82, 2.24) is 19.3 Å². The largest absolute Gasteiger partial charge is 0.271 e. The average molecular weight is 344 g/mol. The Labute approximate surface area is 139 Å². The van der Waals surface area contributed by atoms with E-state index >= 15 is 0 Å². The Bertz CT molecular complexity index is 983. The lowest BCUT2D eigenvalue weighted by Crippen LogP contribution is -2.38. The molecule has 0 N–H and O–H groups in total. The number of hydrogen-bond donors (Lipinski definition) is 0. The molecule has 7 nitrogen and oxygen atoms in total. The van der Waals surface area contributed by atoms with Crippen molar-refractivity contribution in [1.29, 1.82) is 0 Å². The molecule has 3 rings (SSSR count). The summed E-state index contributed by atoms with van der Waals surface area (Å²) in [7, 11) is -2.43. The van der Waals surface area contributed by atoms with Crippen molar-refractivity contribution in [3.8, 4) is 0 Å². The summed E-state index contributed by atoms with van der Waals surface area (Å²) in [5.41, 5.74) is 1.92. The fourth-order valence-corrected chi connectivity index (χ4v) is 2.86. The number of likely N-dealkylation sites (N-methyl/N-ethyl adjacent to an activating group) is 1. The number of amides is 1. The molecule has 2 aromatic carbocycles. The first kappa shape index (κ1) is 16.1. The van der Waals surface area contributed by atoms with E-state index in [9.17, 15) is 13.2 Å². The van der Waals surface area contributed by atoms with Gasteiger partial charge in [-0.3, -0.25) is 4.79 Å². The number of aromatic nitrogens is 3. The van der Waals surface area contributed by atoms with Crippen molar-refractivity contribution in [2.24, 2.45) is 0 Å². The van der Waals surface area contributed by atoms with Crippen LogP contribution in [0.4, 0.5) is 0 Å². The van der Waals surface area contributed by atoms with Gasteiger partial charge in [0.15, 0.2) is 6.04 Å². The molecule has 0 aliphatic carbocycles. The van der Waals surface area contributed by atoms with Gasteiger partial charge >= 0.3 is 0 Å². The second-order valence-electron chi connectivity index (χ2n) is 5.40. The molecule has 1 heterocycles. The molecular formula is C16H16N4O3S. The minimum atomic E-state index is -3.68. The van der Waals surface area contributed by atoms with Gasteiger partial charge in [0.2, 0.25) is 10.0 Å². The molecular weight excluding hydrogens is 328 g/mol. The predicted molar refractivity (Wildman–Crippen MR) is 89.7 cm³/mol. The Kier molecular flexibility index (Phi) is 4.06. The van der Waals surface area contributed by atoms with Crippen molar-refractivity contribution in [3.05, 3.63) is 60.2 Å². The molecule has 8 heteroatoms. The Morgan fingerprint density at radius 1 is 1.08 bits per heavy atom. The zero-order valence-electron chi connectivity index (χ0n) is 13.2. The molecule has 0 bridgehead atoms. The molecule has 124 valence electrons. The summed E-state index contributed by atoms with van der Waals surface area (Å²) < 4.78 is 25.8. The van der Waals surface area contributed by atoms with Crippen molar-refractivity contribution in [3.63, 3.8) is 0 Å². The van der Waals surface area contributed by atoms with Gasteiger partial charge in [-0.05, 0) is 17.7 Å². The molecule has 0 fully saturated rings. The quantitative estimate of drug-likeness (QED) is 0.715. The maximum atomic E-state index is 12.9. The molecule has 0 aliphatic heterocycles. The molecule has 0 spiro atoms. The third-order valence-corrected chi connectivity index (χ3v) is 4.95. The van der Waals surface area contributed by atoms with Gasteiger partial charge in [-0.25, -0.2) is 17.4 Å². The summed E-state index contributed by atoms with van der Waals surface area (Å²) in [4.78, 5) is 12.9. The first-order chi connectivity index (χ1) is 11.4. The Morgan fingerprint density at radius 3 is 2.38 bits per heavy atom. The summed E-state index contributed by atoms with van der Waals surface area (Å²) in [5, 5.41) is 8.14. The lowest BCUT2D eigenvalue weighted by molar-refractivity contribution is -0.128. The fourth-order valence-electron chi connectivity index (χ4n) is 2.44. The van der Waals surface area contributed by atoms with Crippen molar-refractivity contribution >= 4 is 27.0 Å². The van der Waals surface area contributed by atoms with Crippen LogP contribution in [-0.2, 0) is 14.8 Å². The number of rotatable bonds is 4. The summed E-state index contributed by atoms with van der Waals surface area (Å²) in [6.45, 7) is 0. The SMILES string of the molecule is CN(C(=O)C(c1ccccc1)n1nnc2ccccc21)S(C)(=O)=O. The van der Waals surface area contributed by atoms with Gasteiger partial charge in [0.25, 0.3) is 5.91 Å². The van der Waals surface area contributed by atoms with Crippen molar-refractivity contribution in [2.75, 3.05) is 13.3 Å². The number of benzene rings is 2. The van der Waals surface area contributed by atoms with E-state index in [2.05, 4.69) is 10.3 Å². The molecule has 1 aromatic heterocycles. The predicted octanol–water partition coefficient (Wildman–Crippen LogP) is 1.44. The summed E-state index contributed by atoms with van der Waals surface area (Å²) in [5.74, 6) is -0.598. The molecule has 0 saturated carbocycles. The number of para-hydroxylation sites is 1. The minimum Gasteiger partial charge on any atom is -0.271 e. The fraction of sp³-hybridized carbons (Fsp3) is 0.188. The Hall–Kier alpha value is -2.74. The van der Waals surface area contributed by atoms with Crippen LogP contribution < -0.4 is 0 Å². The standard InChI is InChI=1S/C16H16N4O3S/c1-19(24(2,22)23)16(21)15(12-8-4-3-5-9-12)20-14-11-7-6-10-13(14)17-18-20/h3-11,15H,1-2H3. The van der Waals surface area contributed by atoms with Gasteiger partial charge in [0.05, 0.1) is 11.8 Å². The number of hydrogen-bond acceptors (Lipinski definition) is 5. The second-order valence-corrected chi connectivity index (χ2v) is 7.42. The van der Waals surface area contributed by atoms with E-state index in [0.717, 1.165) is 10.6 Å². The van der Waals surface area contributed by atoms with Crippen molar-refractivity contribution < 1.29 is 13.2 Å². The van der Waals surface area contributed by atoms with Gasteiger partial charge < -0.3 is 0 Å². The number of carbonyl (C=O) groups is 1. The zero-order valence-corrected chi connectivity index (χ0v) is 14.0. The topological polar surface area (TPSA) is 85.2 Å². The van der Waals surface area contributed by atoms with Gasteiger partial charge in [-0.1, -0.05) is 47.7 Å². The van der Waals surface area contributed by atoms with Gasteiger partial charge in [0, 0.05) is 7.05 Å². The molecule has 0 saturated heterocycles. The molecule has 24 heavy (non-hydrogen) atoms. The smallest absolute Gasteiger partial charge is 0.265 e. The van der Waals surface area contributed by atoms with E-state index in [1.54, 1.807) is 36.4 Å². The van der Waals surface area contributed by atoms with Crippen molar-refractivity contribution in [2.45, 2.75) is 6.04 Å². The van der Waals surface area contributed by atoms with Crippen LogP contribution in [0.15, 0.2) is 54.6 Å². The van der Waals surface area contributed by atoms with Crippen LogP contribution in [0.2, 0.25) is 0 Å². The van der Waals surface area contributed by atoms with E-state index in [1.807, 2.05) is 18.2 Å². The number of sulfonamides is 1. The molecule has 0 aliphatic rings. The second kappa shape index (κ2) is 6.04. The molecule has 1 atom stereocenters. The lowest BCUT2D eigenvalue weighted by Gasteiger charge is -2.23. The van der Waals surface area contributed by atoms with Crippen LogP contribution in [0, 0.1) is 0 Å². The zero-order chi connectivity index (χ0) is 17.3. The number of fused-ring (bicyclic) bond motifs is 1. The van der Waals surface area contributed by atoms with E-state index in [0.29, 0.717) is 16.6 Å². The van der Waals surface area contributed by atoms with Crippen LogP contribution in [0.1, 0.15) is 11.6 Å². The monoisotopic (exact) mass is 344 g/mol. The molecule has 3 aromatic rings. The van der Waals surface area contributed by atoms with Crippen LogP contribution in [0.25, 0.3) is 11.0 Å².